The van der Waals surface area contributed by atoms with Gasteiger partial charge in [0.1, 0.15) is 0 Å². The van der Waals surface area contributed by atoms with Gasteiger partial charge < -0.3 is 5.32 Å². The van der Waals surface area contributed by atoms with Crippen molar-refractivity contribution in [1.29, 1.82) is 0 Å². The van der Waals surface area contributed by atoms with Gasteiger partial charge in [-0.3, -0.25) is 15.0 Å². The minimum atomic E-state index is -0.405. The largest absolute Gasteiger partial charge is 0.335 e. The van der Waals surface area contributed by atoms with Crippen molar-refractivity contribution in [1.82, 2.24) is 15.5 Å². The summed E-state index contributed by atoms with van der Waals surface area (Å²) in [5.74, 6) is -0.306. The van der Waals surface area contributed by atoms with Gasteiger partial charge in [0, 0.05) is 17.6 Å². The summed E-state index contributed by atoms with van der Waals surface area (Å²) < 4.78 is 0. The van der Waals surface area contributed by atoms with Crippen LogP contribution in [0.2, 0.25) is 5.02 Å². The Morgan fingerprint density at radius 3 is 2.55 bits per heavy atom. The van der Waals surface area contributed by atoms with Crippen LogP contribution in [0.3, 0.4) is 0 Å². The first kappa shape index (κ1) is 14.8. The molecule has 0 radical (unpaired) electrons. The number of amides is 3. The number of halogens is 1. The lowest BCUT2D eigenvalue weighted by molar-refractivity contribution is -0.120. The van der Waals surface area contributed by atoms with Crippen LogP contribution in [-0.4, -0.2) is 36.5 Å². The summed E-state index contributed by atoms with van der Waals surface area (Å²) in [6.07, 6.45) is 2.00. The van der Waals surface area contributed by atoms with E-state index in [1.54, 1.807) is 0 Å². The Bertz CT molecular complexity index is 486. The first-order valence-corrected chi connectivity index (χ1v) is 6.94. The predicted molar refractivity (Wildman–Crippen MR) is 77.5 cm³/mol. The number of likely N-dealkylation sites (N-methyl/N-ethyl adjacent to an activating group) is 1. The molecule has 1 aromatic carbocycles. The number of nitrogens with one attached hydrogen (secondary N) is 2. The molecule has 20 heavy (non-hydrogen) atoms. The number of hydrogen-bond donors (Lipinski definition) is 2. The van der Waals surface area contributed by atoms with E-state index in [0.717, 1.165) is 18.4 Å². The molecule has 0 atom stereocenters. The summed E-state index contributed by atoms with van der Waals surface area (Å²) in [7, 11) is 1.83. The van der Waals surface area contributed by atoms with Crippen LogP contribution < -0.4 is 10.6 Å². The second-order valence-electron chi connectivity index (χ2n) is 5.09. The van der Waals surface area contributed by atoms with Gasteiger partial charge in [0.15, 0.2) is 0 Å². The van der Waals surface area contributed by atoms with E-state index in [-0.39, 0.29) is 18.5 Å². The third-order valence-corrected chi connectivity index (χ3v) is 3.20. The van der Waals surface area contributed by atoms with Gasteiger partial charge in [-0.25, -0.2) is 4.79 Å². The molecule has 5 nitrogen and oxygen atoms in total. The molecule has 1 aromatic rings. The lowest BCUT2D eigenvalue weighted by atomic mass is 10.2. The highest BCUT2D eigenvalue weighted by Crippen LogP contribution is 2.18. The smallest absolute Gasteiger partial charge is 0.321 e. The number of urea groups is 1. The van der Waals surface area contributed by atoms with E-state index in [1.165, 1.54) is 0 Å². The van der Waals surface area contributed by atoms with Gasteiger partial charge in [-0.05, 0) is 37.6 Å². The fourth-order valence-corrected chi connectivity index (χ4v) is 1.94. The van der Waals surface area contributed by atoms with E-state index in [4.69, 9.17) is 11.6 Å². The second-order valence-corrected chi connectivity index (χ2v) is 5.53. The van der Waals surface area contributed by atoms with Crippen molar-refractivity contribution >= 4 is 23.5 Å². The van der Waals surface area contributed by atoms with Crippen LogP contribution >= 0.6 is 11.6 Å². The molecule has 2 rings (SSSR count). The predicted octanol–water partition coefficient (Wildman–Crippen LogP) is 1.76. The topological polar surface area (TPSA) is 61.4 Å². The Morgan fingerprint density at radius 2 is 1.95 bits per heavy atom. The molecule has 0 unspecified atom stereocenters. The highest BCUT2D eigenvalue weighted by Gasteiger charge is 2.23. The average Bonchev–Trinajstić information content (AvgIpc) is 3.15. The fraction of sp³-hybridized carbons (Fsp3) is 0.429. The standard InChI is InChI=1S/C14H18ClN3O2/c1-18(8-10-2-4-11(15)5-3-10)9-13(19)17-14(20)16-12-6-7-12/h2-5,12H,6-9H2,1H3,(H2,16,17,19,20). The Labute approximate surface area is 123 Å². The monoisotopic (exact) mass is 295 g/mol. The maximum absolute atomic E-state index is 11.7. The Morgan fingerprint density at radius 1 is 1.30 bits per heavy atom. The molecule has 0 heterocycles. The molecule has 6 heteroatoms. The van der Waals surface area contributed by atoms with Gasteiger partial charge in [-0.1, -0.05) is 23.7 Å². The molecule has 0 saturated heterocycles. The number of imide groups is 1. The van der Waals surface area contributed by atoms with Crippen LogP contribution in [-0.2, 0) is 11.3 Å². The van der Waals surface area contributed by atoms with E-state index in [0.29, 0.717) is 11.6 Å². The third-order valence-electron chi connectivity index (χ3n) is 2.94. The lowest BCUT2D eigenvalue weighted by Gasteiger charge is -2.16. The lowest BCUT2D eigenvalue weighted by Crippen LogP contribution is -2.44. The van der Waals surface area contributed by atoms with Gasteiger partial charge in [-0.2, -0.15) is 0 Å². The number of carbonyl (C=O) groups excluding carboxylic acids is 2. The Kier molecular flexibility index (Phi) is 4.98. The number of hydrogen-bond acceptors (Lipinski definition) is 3. The minimum absolute atomic E-state index is 0.167. The minimum Gasteiger partial charge on any atom is -0.335 e. The van der Waals surface area contributed by atoms with Crippen molar-refractivity contribution < 1.29 is 9.59 Å². The van der Waals surface area contributed by atoms with Crippen LogP contribution in [0.25, 0.3) is 0 Å². The Hall–Kier alpha value is -1.59. The van der Waals surface area contributed by atoms with Crippen molar-refractivity contribution in [2.75, 3.05) is 13.6 Å². The number of nitrogens with zero attached hydrogens (tertiary/aromatic N) is 1. The van der Waals surface area contributed by atoms with Gasteiger partial charge in [0.05, 0.1) is 6.54 Å². The molecule has 0 spiro atoms. The molecule has 108 valence electrons. The zero-order chi connectivity index (χ0) is 14.5. The maximum atomic E-state index is 11.7. The molecule has 3 amide bonds. The fourth-order valence-electron chi connectivity index (χ4n) is 1.82. The zero-order valence-electron chi connectivity index (χ0n) is 11.4. The highest BCUT2D eigenvalue weighted by atomic mass is 35.5. The van der Waals surface area contributed by atoms with Crippen molar-refractivity contribution in [3.8, 4) is 0 Å². The summed E-state index contributed by atoms with van der Waals surface area (Å²) in [6, 6.07) is 7.29. The number of benzene rings is 1. The van der Waals surface area contributed by atoms with E-state index in [2.05, 4.69) is 10.6 Å². The molecule has 0 aromatic heterocycles. The second kappa shape index (κ2) is 6.72. The molecule has 0 aliphatic heterocycles. The van der Waals surface area contributed by atoms with Gasteiger partial charge >= 0.3 is 6.03 Å². The summed E-state index contributed by atoms with van der Waals surface area (Å²) in [5.41, 5.74) is 1.06. The van der Waals surface area contributed by atoms with E-state index in [1.807, 2.05) is 36.2 Å². The van der Waals surface area contributed by atoms with Crippen LogP contribution in [0.4, 0.5) is 4.79 Å². The average molecular weight is 296 g/mol. The molecule has 0 bridgehead atoms. The van der Waals surface area contributed by atoms with E-state index >= 15 is 0 Å². The first-order valence-electron chi connectivity index (χ1n) is 6.56. The molecular formula is C14H18ClN3O2. The van der Waals surface area contributed by atoms with Crippen LogP contribution in [0.5, 0.6) is 0 Å². The molecule has 2 N–H and O–H groups in total. The third kappa shape index (κ3) is 5.19. The van der Waals surface area contributed by atoms with Gasteiger partial charge in [0.25, 0.3) is 0 Å². The number of rotatable bonds is 5. The van der Waals surface area contributed by atoms with Gasteiger partial charge in [-0.15, -0.1) is 0 Å². The van der Waals surface area contributed by atoms with Crippen LogP contribution in [0, 0.1) is 0 Å². The first-order chi connectivity index (χ1) is 9.52. The van der Waals surface area contributed by atoms with Crippen molar-refractivity contribution in [2.45, 2.75) is 25.4 Å². The summed E-state index contributed by atoms with van der Waals surface area (Å²) in [4.78, 5) is 24.9. The summed E-state index contributed by atoms with van der Waals surface area (Å²) in [6.45, 7) is 0.787. The van der Waals surface area contributed by atoms with E-state index in [9.17, 15) is 9.59 Å². The normalized spacial score (nSPS) is 14.2. The zero-order valence-corrected chi connectivity index (χ0v) is 12.1. The SMILES string of the molecule is CN(CC(=O)NC(=O)NC1CC1)Cc1ccc(Cl)cc1. The molecular weight excluding hydrogens is 278 g/mol. The van der Waals surface area contributed by atoms with E-state index < -0.39 is 6.03 Å². The molecule has 1 aliphatic rings. The van der Waals surface area contributed by atoms with Crippen LogP contribution in [0.15, 0.2) is 24.3 Å². The molecule has 1 aliphatic carbocycles. The van der Waals surface area contributed by atoms with Crippen molar-refractivity contribution in [3.63, 3.8) is 0 Å². The van der Waals surface area contributed by atoms with Crippen LogP contribution in [0.1, 0.15) is 18.4 Å². The summed E-state index contributed by atoms with van der Waals surface area (Å²) in [5, 5.41) is 5.72. The molecule has 1 saturated carbocycles. The van der Waals surface area contributed by atoms with Crippen molar-refractivity contribution in [3.05, 3.63) is 34.9 Å². The maximum Gasteiger partial charge on any atom is 0.321 e. The molecule has 1 fully saturated rings. The highest BCUT2D eigenvalue weighted by molar-refractivity contribution is 6.30. The van der Waals surface area contributed by atoms with Crippen molar-refractivity contribution in [2.24, 2.45) is 0 Å². The quantitative estimate of drug-likeness (QED) is 0.870. The number of carbonyl (C=O) groups is 2. The van der Waals surface area contributed by atoms with Gasteiger partial charge in [0.2, 0.25) is 5.91 Å². The Balaban J connectivity index is 1.72. The summed E-state index contributed by atoms with van der Waals surface area (Å²) >= 11 is 5.81.